The van der Waals surface area contributed by atoms with Crippen LogP contribution in [0.15, 0.2) is 47.0 Å². The summed E-state index contributed by atoms with van der Waals surface area (Å²) in [5.41, 5.74) is 3.88. The molecule has 5 rings (SSSR count). The van der Waals surface area contributed by atoms with E-state index in [1.165, 1.54) is 11.3 Å². The first-order valence-electron chi connectivity index (χ1n) is 9.86. The third-order valence-corrected chi connectivity index (χ3v) is 6.35. The van der Waals surface area contributed by atoms with Gasteiger partial charge in [0.25, 0.3) is 11.8 Å². The van der Waals surface area contributed by atoms with Crippen LogP contribution in [0.3, 0.4) is 0 Å². The first-order valence-corrected chi connectivity index (χ1v) is 10.7. The van der Waals surface area contributed by atoms with E-state index < -0.39 is 0 Å². The van der Waals surface area contributed by atoms with E-state index in [9.17, 15) is 4.79 Å². The lowest BCUT2D eigenvalue weighted by atomic mass is 10.0. The predicted octanol–water partition coefficient (Wildman–Crippen LogP) is 3.63. The molecule has 4 heterocycles. The molecule has 0 N–H and O–H groups in total. The molecular formula is C22H21N5O2S. The highest BCUT2D eigenvalue weighted by atomic mass is 32.1. The van der Waals surface area contributed by atoms with Gasteiger partial charge in [0.05, 0.1) is 11.4 Å². The second-order valence-corrected chi connectivity index (χ2v) is 8.75. The van der Waals surface area contributed by atoms with Gasteiger partial charge in [0.15, 0.2) is 11.5 Å². The molecule has 8 heteroatoms. The lowest BCUT2D eigenvalue weighted by Crippen LogP contribution is -2.36. The maximum Gasteiger partial charge on any atom is 0.278 e. The summed E-state index contributed by atoms with van der Waals surface area (Å²) >= 11 is 1.53. The number of rotatable bonds is 4. The van der Waals surface area contributed by atoms with Crippen molar-refractivity contribution in [2.75, 3.05) is 6.54 Å². The van der Waals surface area contributed by atoms with E-state index in [0.717, 1.165) is 33.0 Å². The Kier molecular flexibility index (Phi) is 4.71. The number of hydrogen-bond acceptors (Lipinski definition) is 6. The van der Waals surface area contributed by atoms with Gasteiger partial charge in [-0.3, -0.25) is 9.48 Å². The number of carbonyl (C=O) groups is 1. The van der Waals surface area contributed by atoms with Crippen LogP contribution in [0.4, 0.5) is 0 Å². The second-order valence-electron chi connectivity index (χ2n) is 7.46. The Morgan fingerprint density at radius 3 is 2.80 bits per heavy atom. The maximum absolute atomic E-state index is 12.9. The van der Waals surface area contributed by atoms with Gasteiger partial charge in [-0.05, 0) is 24.6 Å². The zero-order valence-corrected chi connectivity index (χ0v) is 17.6. The molecule has 7 nitrogen and oxygen atoms in total. The molecule has 0 aliphatic carbocycles. The summed E-state index contributed by atoms with van der Waals surface area (Å²) in [6.45, 7) is 3.17. The molecule has 0 atom stereocenters. The average Bonchev–Trinajstić information content (AvgIpc) is 3.47. The zero-order valence-electron chi connectivity index (χ0n) is 16.8. The predicted molar refractivity (Wildman–Crippen MR) is 113 cm³/mol. The first kappa shape index (κ1) is 18.7. The van der Waals surface area contributed by atoms with E-state index in [4.69, 9.17) is 4.52 Å². The van der Waals surface area contributed by atoms with Crippen LogP contribution in [0.2, 0.25) is 0 Å². The molecule has 0 fully saturated rings. The molecule has 0 spiro atoms. The van der Waals surface area contributed by atoms with Gasteiger partial charge in [0.2, 0.25) is 0 Å². The molecule has 30 heavy (non-hydrogen) atoms. The highest BCUT2D eigenvalue weighted by Gasteiger charge is 2.30. The number of fused-ring (bicyclic) bond motifs is 1. The molecule has 0 radical (unpaired) electrons. The summed E-state index contributed by atoms with van der Waals surface area (Å²) in [6.07, 6.45) is 1.35. The van der Waals surface area contributed by atoms with E-state index in [1.54, 1.807) is 0 Å². The van der Waals surface area contributed by atoms with Crippen LogP contribution in [-0.4, -0.2) is 37.3 Å². The molecule has 1 aliphatic rings. The largest absolute Gasteiger partial charge is 0.333 e. The number of thiophene rings is 1. The maximum atomic E-state index is 12.9. The van der Waals surface area contributed by atoms with Gasteiger partial charge >= 0.3 is 0 Å². The summed E-state index contributed by atoms with van der Waals surface area (Å²) < 4.78 is 7.41. The number of aromatic nitrogens is 4. The highest BCUT2D eigenvalue weighted by Crippen LogP contribution is 2.30. The van der Waals surface area contributed by atoms with Gasteiger partial charge in [-0.15, -0.1) is 11.3 Å². The van der Waals surface area contributed by atoms with E-state index in [0.29, 0.717) is 36.9 Å². The summed E-state index contributed by atoms with van der Waals surface area (Å²) in [4.78, 5) is 21.3. The molecule has 4 aromatic rings. The van der Waals surface area contributed by atoms with Crippen molar-refractivity contribution in [2.24, 2.45) is 7.05 Å². The van der Waals surface area contributed by atoms with Crippen LogP contribution in [0.5, 0.6) is 0 Å². The summed E-state index contributed by atoms with van der Waals surface area (Å²) in [5.74, 6) is 1.08. The summed E-state index contributed by atoms with van der Waals surface area (Å²) in [7, 11) is 1.92. The van der Waals surface area contributed by atoms with Crippen LogP contribution < -0.4 is 0 Å². The quantitative estimate of drug-likeness (QED) is 0.505. The number of amides is 1. The fourth-order valence-electron chi connectivity index (χ4n) is 3.84. The van der Waals surface area contributed by atoms with Gasteiger partial charge < -0.3 is 9.42 Å². The van der Waals surface area contributed by atoms with Crippen molar-refractivity contribution in [3.8, 4) is 11.6 Å². The molecule has 0 unspecified atom stereocenters. The standard InChI is InChI=1S/C22H21N5O2S/c1-14-8-9-18(30-14)22(28)27-11-10-17-16(13-27)20(24-26(17)2)21-23-19(25-29-21)12-15-6-4-3-5-7-15/h3-9H,10-13H2,1-2H3. The molecule has 1 amide bonds. The summed E-state index contributed by atoms with van der Waals surface area (Å²) in [6, 6.07) is 13.9. The minimum Gasteiger partial charge on any atom is -0.333 e. The normalized spacial score (nSPS) is 13.5. The van der Waals surface area contributed by atoms with Crippen molar-refractivity contribution in [2.45, 2.75) is 26.3 Å². The van der Waals surface area contributed by atoms with Crippen LogP contribution in [0, 0.1) is 6.92 Å². The number of carbonyl (C=O) groups excluding carboxylic acids is 1. The van der Waals surface area contributed by atoms with E-state index >= 15 is 0 Å². The fourth-order valence-corrected chi connectivity index (χ4v) is 4.68. The Hall–Kier alpha value is -3.26. The number of benzene rings is 1. The van der Waals surface area contributed by atoms with Gasteiger partial charge in [-0.2, -0.15) is 10.1 Å². The van der Waals surface area contributed by atoms with Crippen LogP contribution in [0.25, 0.3) is 11.6 Å². The summed E-state index contributed by atoms with van der Waals surface area (Å²) in [5, 5.41) is 8.77. The van der Waals surface area contributed by atoms with Crippen molar-refractivity contribution in [1.82, 2.24) is 24.8 Å². The lowest BCUT2D eigenvalue weighted by Gasteiger charge is -2.27. The van der Waals surface area contributed by atoms with Gasteiger partial charge in [-0.25, -0.2) is 0 Å². The topological polar surface area (TPSA) is 77.1 Å². The smallest absolute Gasteiger partial charge is 0.278 e. The third kappa shape index (κ3) is 3.43. The van der Waals surface area contributed by atoms with E-state index in [-0.39, 0.29) is 5.91 Å². The first-order chi connectivity index (χ1) is 14.6. The van der Waals surface area contributed by atoms with Gasteiger partial charge in [0.1, 0.15) is 0 Å². The van der Waals surface area contributed by atoms with Crippen molar-refractivity contribution < 1.29 is 9.32 Å². The molecule has 3 aromatic heterocycles. The number of aryl methyl sites for hydroxylation is 2. The zero-order chi connectivity index (χ0) is 20.7. The molecule has 0 bridgehead atoms. The van der Waals surface area contributed by atoms with Crippen molar-refractivity contribution in [3.05, 3.63) is 74.9 Å². The Labute approximate surface area is 178 Å². The Morgan fingerprint density at radius 2 is 2.03 bits per heavy atom. The van der Waals surface area contributed by atoms with Crippen LogP contribution >= 0.6 is 11.3 Å². The van der Waals surface area contributed by atoms with Crippen LogP contribution in [0.1, 0.15) is 37.2 Å². The van der Waals surface area contributed by atoms with E-state index in [1.807, 2.05) is 66.0 Å². The monoisotopic (exact) mass is 419 g/mol. The molecule has 0 saturated heterocycles. The molecule has 152 valence electrons. The number of hydrogen-bond donors (Lipinski definition) is 0. The van der Waals surface area contributed by atoms with Crippen LogP contribution in [-0.2, 0) is 26.4 Å². The van der Waals surface area contributed by atoms with Crippen molar-refractivity contribution in [3.63, 3.8) is 0 Å². The number of nitrogens with zero attached hydrogens (tertiary/aromatic N) is 5. The second kappa shape index (κ2) is 7.53. The Morgan fingerprint density at radius 1 is 1.20 bits per heavy atom. The van der Waals surface area contributed by atoms with Crippen molar-refractivity contribution >= 4 is 17.2 Å². The van der Waals surface area contributed by atoms with Gasteiger partial charge in [-0.1, -0.05) is 35.5 Å². The lowest BCUT2D eigenvalue weighted by molar-refractivity contribution is 0.0738. The SMILES string of the molecule is Cc1ccc(C(=O)N2CCc3c(c(-c4nc(Cc5ccccc5)no4)nn3C)C2)s1. The molecule has 0 saturated carbocycles. The minimum atomic E-state index is 0.0591. The molecule has 1 aliphatic heterocycles. The average molecular weight is 420 g/mol. The Balaban J connectivity index is 1.41. The highest BCUT2D eigenvalue weighted by molar-refractivity contribution is 7.13. The Bertz CT molecular complexity index is 1210. The van der Waals surface area contributed by atoms with E-state index in [2.05, 4.69) is 15.2 Å². The fraction of sp³-hybridized carbons (Fsp3) is 0.273. The van der Waals surface area contributed by atoms with Crippen molar-refractivity contribution in [1.29, 1.82) is 0 Å². The minimum absolute atomic E-state index is 0.0591. The molecule has 1 aromatic carbocycles. The molecular weight excluding hydrogens is 398 g/mol. The third-order valence-electron chi connectivity index (χ3n) is 5.36. The van der Waals surface area contributed by atoms with Gasteiger partial charge in [0, 0.05) is 42.6 Å².